The molecule has 0 fully saturated rings. The minimum atomic E-state index is -0.404. The Morgan fingerprint density at radius 2 is 1.17 bits per heavy atom. The Morgan fingerprint density at radius 1 is 0.783 bits per heavy atom. The molecule has 0 N–H and O–H groups in total. The van der Waals surface area contributed by atoms with Crippen LogP contribution in [0.5, 0.6) is 0 Å². The zero-order valence-corrected chi connectivity index (χ0v) is 13.9. The summed E-state index contributed by atoms with van der Waals surface area (Å²) in [4.78, 5) is 11.1. The Bertz CT molecular complexity index is 318. The average molecular weight is 332 g/mol. The minimum Gasteiger partial charge on any atom is -0.499 e. The van der Waals surface area contributed by atoms with Gasteiger partial charge in [-0.2, -0.15) is 0 Å². The maximum absolute atomic E-state index is 11.1. The quantitative estimate of drug-likeness (QED) is 0.172. The van der Waals surface area contributed by atoms with Gasteiger partial charge in [0.15, 0.2) is 0 Å². The molecule has 0 saturated carbocycles. The number of hydrogen-bond donors (Lipinski definition) is 0. The summed E-state index contributed by atoms with van der Waals surface area (Å²) in [5.74, 6) is -0.404. The van der Waals surface area contributed by atoms with E-state index in [4.69, 9.17) is 28.4 Å². The second-order valence-corrected chi connectivity index (χ2v) is 4.40. The first-order valence-corrected chi connectivity index (χ1v) is 7.54. The van der Waals surface area contributed by atoms with Crippen LogP contribution < -0.4 is 0 Å². The number of rotatable bonds is 17. The average Bonchev–Trinajstić information content (AvgIpc) is 2.54. The van der Waals surface area contributed by atoms with Gasteiger partial charge in [0.2, 0.25) is 0 Å². The summed E-state index contributed by atoms with van der Waals surface area (Å²) in [6.07, 6.45) is 1.38. The Balaban J connectivity index is 3.06. The summed E-state index contributed by atoms with van der Waals surface area (Å²) in [6.45, 7) is 13.0. The Hall–Kier alpha value is -1.41. The van der Waals surface area contributed by atoms with E-state index in [-0.39, 0.29) is 6.61 Å². The van der Waals surface area contributed by atoms with Crippen molar-refractivity contribution in [2.45, 2.75) is 6.92 Å². The van der Waals surface area contributed by atoms with Crippen molar-refractivity contribution < 1.29 is 33.2 Å². The minimum absolute atomic E-state index is 0.215. The highest BCUT2D eigenvalue weighted by Crippen LogP contribution is 1.91. The smallest absolute Gasteiger partial charge is 0.333 e. The third kappa shape index (κ3) is 16.8. The van der Waals surface area contributed by atoms with Crippen molar-refractivity contribution in [1.29, 1.82) is 0 Å². The molecule has 0 bridgehead atoms. The molecule has 0 radical (unpaired) electrons. The molecule has 0 aliphatic heterocycles. The monoisotopic (exact) mass is 332 g/mol. The lowest BCUT2D eigenvalue weighted by molar-refractivity contribution is -0.140. The van der Waals surface area contributed by atoms with Crippen LogP contribution in [-0.2, 0) is 33.2 Å². The number of ether oxygens (including phenoxy) is 6. The predicted octanol–water partition coefficient (Wildman–Crippen LogP) is 1.33. The van der Waals surface area contributed by atoms with Gasteiger partial charge in [0, 0.05) is 5.57 Å². The Labute approximate surface area is 138 Å². The fraction of sp³-hybridized carbons (Fsp3) is 0.688. The van der Waals surface area contributed by atoms with E-state index in [1.807, 2.05) is 0 Å². The van der Waals surface area contributed by atoms with Crippen molar-refractivity contribution in [1.82, 2.24) is 0 Å². The summed E-state index contributed by atoms with van der Waals surface area (Å²) in [6, 6.07) is 0. The molecule has 0 aromatic heterocycles. The number of esters is 1. The van der Waals surface area contributed by atoms with Gasteiger partial charge < -0.3 is 28.4 Å². The van der Waals surface area contributed by atoms with Crippen LogP contribution in [0.2, 0.25) is 0 Å². The van der Waals surface area contributed by atoms with Crippen molar-refractivity contribution in [3.63, 3.8) is 0 Å². The van der Waals surface area contributed by atoms with Crippen LogP contribution in [0.25, 0.3) is 0 Å². The van der Waals surface area contributed by atoms with Crippen LogP contribution in [0.3, 0.4) is 0 Å². The SMILES string of the molecule is C=COCCOCCOCCOCCOCCOC(=O)C(=C)C. The van der Waals surface area contributed by atoms with Gasteiger partial charge >= 0.3 is 5.97 Å². The molecule has 7 heteroatoms. The van der Waals surface area contributed by atoms with E-state index in [1.54, 1.807) is 6.92 Å². The highest BCUT2D eigenvalue weighted by Gasteiger charge is 2.01. The number of hydrogen-bond acceptors (Lipinski definition) is 7. The molecule has 0 spiro atoms. The van der Waals surface area contributed by atoms with E-state index < -0.39 is 5.97 Å². The van der Waals surface area contributed by atoms with E-state index in [0.717, 1.165) is 0 Å². The predicted molar refractivity (Wildman–Crippen MR) is 85.2 cm³/mol. The zero-order chi connectivity index (χ0) is 17.2. The Kier molecular flexibility index (Phi) is 15.9. The van der Waals surface area contributed by atoms with Crippen molar-refractivity contribution in [3.05, 3.63) is 25.0 Å². The van der Waals surface area contributed by atoms with E-state index >= 15 is 0 Å². The molecule has 0 heterocycles. The third-order valence-electron chi connectivity index (χ3n) is 2.39. The van der Waals surface area contributed by atoms with Crippen LogP contribution >= 0.6 is 0 Å². The summed E-state index contributed by atoms with van der Waals surface area (Å²) >= 11 is 0. The van der Waals surface area contributed by atoms with Gasteiger partial charge in [-0.3, -0.25) is 0 Å². The second kappa shape index (κ2) is 17.0. The van der Waals surface area contributed by atoms with Gasteiger partial charge in [0.1, 0.15) is 13.2 Å². The molecular formula is C16H28O7. The molecule has 7 nitrogen and oxygen atoms in total. The second-order valence-electron chi connectivity index (χ2n) is 4.40. The first-order valence-electron chi connectivity index (χ1n) is 7.54. The van der Waals surface area contributed by atoms with E-state index in [9.17, 15) is 4.79 Å². The molecule has 23 heavy (non-hydrogen) atoms. The third-order valence-corrected chi connectivity index (χ3v) is 2.39. The highest BCUT2D eigenvalue weighted by molar-refractivity contribution is 5.86. The lowest BCUT2D eigenvalue weighted by Gasteiger charge is -2.08. The topological polar surface area (TPSA) is 72.5 Å². The summed E-state index contributed by atoms with van der Waals surface area (Å²) < 4.78 is 30.9. The van der Waals surface area contributed by atoms with Gasteiger partial charge in [-0.05, 0) is 6.92 Å². The van der Waals surface area contributed by atoms with Gasteiger partial charge in [0.05, 0.1) is 59.1 Å². The maximum atomic E-state index is 11.1. The van der Waals surface area contributed by atoms with Crippen molar-refractivity contribution in [3.8, 4) is 0 Å². The van der Waals surface area contributed by atoms with Gasteiger partial charge in [-0.15, -0.1) is 0 Å². The lowest BCUT2D eigenvalue weighted by Crippen LogP contribution is -2.15. The van der Waals surface area contributed by atoms with Crippen LogP contribution in [0.1, 0.15) is 6.92 Å². The van der Waals surface area contributed by atoms with Crippen LogP contribution in [-0.4, -0.2) is 72.0 Å². The van der Waals surface area contributed by atoms with Gasteiger partial charge in [0.25, 0.3) is 0 Å². The molecule has 0 aliphatic carbocycles. The van der Waals surface area contributed by atoms with Crippen LogP contribution in [0.15, 0.2) is 25.0 Å². The van der Waals surface area contributed by atoms with E-state index in [2.05, 4.69) is 13.2 Å². The molecule has 0 amide bonds. The number of carbonyl (C=O) groups excluding carboxylic acids is 1. The fourth-order valence-electron chi connectivity index (χ4n) is 1.27. The summed E-state index contributed by atoms with van der Waals surface area (Å²) in [5.41, 5.74) is 0.379. The summed E-state index contributed by atoms with van der Waals surface area (Å²) in [7, 11) is 0. The van der Waals surface area contributed by atoms with Crippen molar-refractivity contribution in [2.24, 2.45) is 0 Å². The van der Waals surface area contributed by atoms with Gasteiger partial charge in [-0.25, -0.2) is 4.79 Å². The van der Waals surface area contributed by atoms with Crippen molar-refractivity contribution in [2.75, 3.05) is 66.1 Å². The first kappa shape index (κ1) is 21.6. The lowest BCUT2D eigenvalue weighted by atomic mass is 10.4. The van der Waals surface area contributed by atoms with E-state index in [1.165, 1.54) is 6.26 Å². The molecule has 0 atom stereocenters. The first-order chi connectivity index (χ1) is 11.2. The summed E-state index contributed by atoms with van der Waals surface area (Å²) in [5, 5.41) is 0. The molecule has 0 unspecified atom stereocenters. The molecule has 134 valence electrons. The highest BCUT2D eigenvalue weighted by atomic mass is 16.6. The van der Waals surface area contributed by atoms with Crippen LogP contribution in [0.4, 0.5) is 0 Å². The maximum Gasteiger partial charge on any atom is 0.333 e. The van der Waals surface area contributed by atoms with Crippen molar-refractivity contribution >= 4 is 5.97 Å². The zero-order valence-electron chi connectivity index (χ0n) is 13.9. The number of carbonyl (C=O) groups is 1. The molecule has 0 aliphatic rings. The Morgan fingerprint density at radius 3 is 1.57 bits per heavy atom. The molecule has 0 rings (SSSR count). The normalized spacial score (nSPS) is 10.3. The molecule has 0 aromatic rings. The molecule has 0 aromatic carbocycles. The fourth-order valence-corrected chi connectivity index (χ4v) is 1.27. The van der Waals surface area contributed by atoms with Gasteiger partial charge in [-0.1, -0.05) is 13.2 Å². The van der Waals surface area contributed by atoms with E-state index in [0.29, 0.717) is 65.0 Å². The molecule has 0 saturated heterocycles. The standard InChI is InChI=1S/C16H28O7/c1-4-18-5-6-19-7-8-20-9-10-21-11-12-22-13-14-23-16(17)15(2)3/h4H,1-2,5-14H2,3H3. The molecular weight excluding hydrogens is 304 g/mol. The van der Waals surface area contributed by atoms with Crippen LogP contribution in [0, 0.1) is 0 Å². The largest absolute Gasteiger partial charge is 0.499 e.